The molecule has 2 heterocycles. The Balaban J connectivity index is 0.00000208. The third-order valence-electron chi connectivity index (χ3n) is 4.46. The summed E-state index contributed by atoms with van der Waals surface area (Å²) >= 11 is 3.42. The van der Waals surface area contributed by atoms with Crippen LogP contribution in [0.4, 0.5) is 0 Å². The number of carbonyl (C=O) groups is 1. The molecular formula is C17H22BrClN4O. The lowest BCUT2D eigenvalue weighted by Gasteiger charge is -2.37. The van der Waals surface area contributed by atoms with Crippen molar-refractivity contribution in [2.45, 2.75) is 25.8 Å². The molecule has 5 nitrogen and oxygen atoms in total. The van der Waals surface area contributed by atoms with Gasteiger partial charge >= 0.3 is 0 Å². The lowest BCUT2D eigenvalue weighted by atomic mass is 9.92. The van der Waals surface area contributed by atoms with Gasteiger partial charge in [0.05, 0.1) is 5.69 Å². The molecular weight excluding hydrogens is 392 g/mol. The Morgan fingerprint density at radius 2 is 2.12 bits per heavy atom. The van der Waals surface area contributed by atoms with Crippen molar-refractivity contribution >= 4 is 34.2 Å². The monoisotopic (exact) mass is 412 g/mol. The molecule has 1 aromatic heterocycles. The van der Waals surface area contributed by atoms with Gasteiger partial charge in [-0.05, 0) is 37.0 Å². The molecule has 3 rings (SSSR count). The van der Waals surface area contributed by atoms with E-state index in [1.54, 1.807) is 0 Å². The Hall–Kier alpha value is -1.37. The van der Waals surface area contributed by atoms with E-state index in [-0.39, 0.29) is 24.4 Å². The summed E-state index contributed by atoms with van der Waals surface area (Å²) in [5.41, 5.74) is 8.13. The van der Waals surface area contributed by atoms with Crippen molar-refractivity contribution in [1.82, 2.24) is 15.1 Å². The van der Waals surface area contributed by atoms with Crippen molar-refractivity contribution in [2.24, 2.45) is 11.7 Å². The van der Waals surface area contributed by atoms with E-state index in [2.05, 4.69) is 33.1 Å². The highest BCUT2D eigenvalue weighted by Crippen LogP contribution is 2.25. The molecule has 3 N–H and O–H groups in total. The number of nitrogens with two attached hydrogens (primary N) is 1. The maximum absolute atomic E-state index is 12.8. The highest BCUT2D eigenvalue weighted by molar-refractivity contribution is 9.10. The molecule has 1 aliphatic heterocycles. The van der Waals surface area contributed by atoms with Crippen molar-refractivity contribution in [3.05, 3.63) is 40.5 Å². The first kappa shape index (κ1) is 19.0. The van der Waals surface area contributed by atoms with Crippen molar-refractivity contribution in [3.63, 3.8) is 0 Å². The maximum Gasteiger partial charge on any atom is 0.272 e. The summed E-state index contributed by atoms with van der Waals surface area (Å²) in [6.07, 6.45) is 1.99. The van der Waals surface area contributed by atoms with Crippen LogP contribution in [0.1, 0.15) is 30.3 Å². The lowest BCUT2D eigenvalue weighted by molar-refractivity contribution is 0.0567. The Labute approximate surface area is 156 Å². The van der Waals surface area contributed by atoms with Crippen LogP contribution in [0.5, 0.6) is 0 Å². The minimum Gasteiger partial charge on any atom is -0.333 e. The van der Waals surface area contributed by atoms with E-state index in [1.807, 2.05) is 35.2 Å². The number of benzene rings is 1. The number of aromatic nitrogens is 2. The molecule has 2 aromatic rings. The van der Waals surface area contributed by atoms with Crippen LogP contribution in [0.2, 0.25) is 0 Å². The van der Waals surface area contributed by atoms with Gasteiger partial charge in [-0.25, -0.2) is 0 Å². The molecule has 2 unspecified atom stereocenters. The average Bonchev–Trinajstić information content (AvgIpc) is 3.04. The van der Waals surface area contributed by atoms with Crippen molar-refractivity contribution < 1.29 is 4.79 Å². The maximum atomic E-state index is 12.8. The van der Waals surface area contributed by atoms with Crippen LogP contribution in [-0.4, -0.2) is 40.1 Å². The molecule has 1 aliphatic rings. The van der Waals surface area contributed by atoms with Crippen LogP contribution in [0.25, 0.3) is 11.3 Å². The first-order valence-electron chi connectivity index (χ1n) is 7.91. The van der Waals surface area contributed by atoms with Gasteiger partial charge in [-0.2, -0.15) is 5.10 Å². The molecule has 1 fully saturated rings. The average molecular weight is 414 g/mol. The van der Waals surface area contributed by atoms with Crippen LogP contribution in [0, 0.1) is 5.92 Å². The number of H-pyrrole nitrogens is 1. The van der Waals surface area contributed by atoms with Gasteiger partial charge in [0.15, 0.2) is 0 Å². The molecule has 130 valence electrons. The minimum atomic E-state index is -0.0109. The highest BCUT2D eigenvalue weighted by Gasteiger charge is 2.30. The van der Waals surface area contributed by atoms with Crippen LogP contribution in [0.3, 0.4) is 0 Å². The summed E-state index contributed by atoms with van der Waals surface area (Å²) in [4.78, 5) is 14.7. The molecule has 0 bridgehead atoms. The number of piperidine rings is 1. The molecule has 0 aliphatic carbocycles. The van der Waals surface area contributed by atoms with Gasteiger partial charge in [0.1, 0.15) is 5.69 Å². The van der Waals surface area contributed by atoms with Gasteiger partial charge in [0, 0.05) is 29.2 Å². The number of carbonyl (C=O) groups excluding carboxylic acids is 1. The molecule has 7 heteroatoms. The van der Waals surface area contributed by atoms with Crippen molar-refractivity contribution in [2.75, 3.05) is 13.1 Å². The number of rotatable bonds is 3. The molecule has 1 saturated heterocycles. The van der Waals surface area contributed by atoms with Gasteiger partial charge in [-0.3, -0.25) is 9.89 Å². The third-order valence-corrected chi connectivity index (χ3v) is 4.99. The Kier molecular flexibility index (Phi) is 6.43. The Morgan fingerprint density at radius 3 is 2.79 bits per heavy atom. The first-order chi connectivity index (χ1) is 11.1. The van der Waals surface area contributed by atoms with Crippen molar-refractivity contribution in [3.8, 4) is 11.3 Å². The SMILES string of the molecule is CC1CCN(C(=O)c2cc(-c3ccc(Br)cc3)n[nH]2)C(CN)C1.Cl. The van der Waals surface area contributed by atoms with Gasteiger partial charge in [0.25, 0.3) is 5.91 Å². The summed E-state index contributed by atoms with van der Waals surface area (Å²) < 4.78 is 1.02. The van der Waals surface area contributed by atoms with Gasteiger partial charge < -0.3 is 10.6 Å². The normalized spacial score (nSPS) is 20.5. The summed E-state index contributed by atoms with van der Waals surface area (Å²) in [5.74, 6) is 0.607. The fourth-order valence-electron chi connectivity index (χ4n) is 3.10. The number of likely N-dealkylation sites (tertiary alicyclic amines) is 1. The first-order valence-corrected chi connectivity index (χ1v) is 8.70. The van der Waals surface area contributed by atoms with Gasteiger partial charge in [-0.1, -0.05) is 35.0 Å². The molecule has 2 atom stereocenters. The summed E-state index contributed by atoms with van der Waals surface area (Å²) in [7, 11) is 0. The number of halogens is 2. The largest absolute Gasteiger partial charge is 0.333 e. The van der Waals surface area contributed by atoms with E-state index in [4.69, 9.17) is 5.73 Å². The van der Waals surface area contributed by atoms with E-state index >= 15 is 0 Å². The van der Waals surface area contributed by atoms with Crippen LogP contribution in [0.15, 0.2) is 34.8 Å². The number of hydrogen-bond acceptors (Lipinski definition) is 3. The second kappa shape index (κ2) is 8.14. The minimum absolute atomic E-state index is 0. The zero-order chi connectivity index (χ0) is 16.4. The van der Waals surface area contributed by atoms with E-state index < -0.39 is 0 Å². The zero-order valence-corrected chi connectivity index (χ0v) is 15.9. The predicted molar refractivity (Wildman–Crippen MR) is 101 cm³/mol. The summed E-state index contributed by atoms with van der Waals surface area (Å²) in [6, 6.07) is 9.80. The molecule has 0 saturated carbocycles. The number of aromatic amines is 1. The molecule has 0 spiro atoms. The van der Waals surface area contributed by atoms with E-state index in [0.29, 0.717) is 18.2 Å². The fraction of sp³-hybridized carbons (Fsp3) is 0.412. The molecule has 0 radical (unpaired) electrons. The summed E-state index contributed by atoms with van der Waals surface area (Å²) in [6.45, 7) is 3.48. The predicted octanol–water partition coefficient (Wildman–Crippen LogP) is 3.46. The Morgan fingerprint density at radius 1 is 1.42 bits per heavy atom. The number of nitrogens with one attached hydrogen (secondary N) is 1. The second-order valence-electron chi connectivity index (χ2n) is 6.19. The topological polar surface area (TPSA) is 75.0 Å². The quantitative estimate of drug-likeness (QED) is 0.809. The van der Waals surface area contributed by atoms with Crippen LogP contribution in [-0.2, 0) is 0 Å². The van der Waals surface area contributed by atoms with Crippen LogP contribution < -0.4 is 5.73 Å². The molecule has 1 aromatic carbocycles. The fourth-order valence-corrected chi connectivity index (χ4v) is 3.36. The van der Waals surface area contributed by atoms with E-state index in [0.717, 1.165) is 35.1 Å². The number of hydrogen-bond donors (Lipinski definition) is 2. The van der Waals surface area contributed by atoms with Crippen molar-refractivity contribution in [1.29, 1.82) is 0 Å². The lowest BCUT2D eigenvalue weighted by Crippen LogP contribution is -2.49. The Bertz CT molecular complexity index is 688. The van der Waals surface area contributed by atoms with Crippen LogP contribution >= 0.6 is 28.3 Å². The number of nitrogens with zero attached hydrogens (tertiary/aromatic N) is 2. The number of amides is 1. The summed E-state index contributed by atoms with van der Waals surface area (Å²) in [5, 5.41) is 7.16. The van der Waals surface area contributed by atoms with Gasteiger partial charge in [0.2, 0.25) is 0 Å². The van der Waals surface area contributed by atoms with E-state index in [9.17, 15) is 4.79 Å². The highest BCUT2D eigenvalue weighted by atomic mass is 79.9. The standard InChI is InChI=1S/C17H21BrN4O.ClH/c1-11-6-7-22(14(8-11)10-19)17(23)16-9-15(20-21-16)12-2-4-13(18)5-3-12;/h2-5,9,11,14H,6-8,10,19H2,1H3,(H,20,21);1H. The smallest absolute Gasteiger partial charge is 0.272 e. The molecule has 1 amide bonds. The molecule has 24 heavy (non-hydrogen) atoms. The van der Waals surface area contributed by atoms with Gasteiger partial charge in [-0.15, -0.1) is 12.4 Å². The zero-order valence-electron chi connectivity index (χ0n) is 13.5. The third kappa shape index (κ3) is 3.99. The second-order valence-corrected chi connectivity index (χ2v) is 7.11. The van der Waals surface area contributed by atoms with E-state index in [1.165, 1.54) is 0 Å².